The van der Waals surface area contributed by atoms with Crippen molar-refractivity contribution in [3.05, 3.63) is 102 Å². The Labute approximate surface area is 208 Å². The smallest absolute Gasteiger partial charge is 0.260 e. The summed E-state index contributed by atoms with van der Waals surface area (Å²) in [5, 5.41) is 0.711. The lowest BCUT2D eigenvalue weighted by Gasteiger charge is -2.20. The van der Waals surface area contributed by atoms with Gasteiger partial charge in [0.15, 0.2) is 5.13 Å². The quantitative estimate of drug-likeness (QED) is 0.249. The zero-order valence-electron chi connectivity index (χ0n) is 19.7. The molecule has 1 amide bonds. The first-order valence-corrected chi connectivity index (χ1v) is 12.4. The molecule has 0 atom stereocenters. The van der Waals surface area contributed by atoms with Gasteiger partial charge in [0.05, 0.1) is 16.5 Å². The van der Waals surface area contributed by atoms with E-state index in [1.54, 1.807) is 34.8 Å². The van der Waals surface area contributed by atoms with E-state index in [2.05, 4.69) is 31.0 Å². The lowest BCUT2D eigenvalue weighted by molar-refractivity contribution is 0.0986. The maximum absolute atomic E-state index is 13.8. The lowest BCUT2D eigenvalue weighted by Crippen LogP contribution is -2.32. The van der Waals surface area contributed by atoms with E-state index in [1.165, 1.54) is 5.56 Å². The Hall–Kier alpha value is -3.97. The van der Waals surface area contributed by atoms with Gasteiger partial charge in [-0.25, -0.2) is 9.97 Å². The highest BCUT2D eigenvalue weighted by Gasteiger charge is 2.22. The van der Waals surface area contributed by atoms with Gasteiger partial charge in [-0.3, -0.25) is 9.69 Å². The van der Waals surface area contributed by atoms with Gasteiger partial charge in [0.1, 0.15) is 11.5 Å². The van der Waals surface area contributed by atoms with Crippen LogP contribution in [-0.2, 0) is 6.54 Å². The number of anilines is 1. The average molecular weight is 483 g/mol. The molecule has 2 heterocycles. The van der Waals surface area contributed by atoms with E-state index in [1.807, 2.05) is 59.3 Å². The van der Waals surface area contributed by atoms with Gasteiger partial charge < -0.3 is 9.30 Å². The van der Waals surface area contributed by atoms with Gasteiger partial charge >= 0.3 is 0 Å². The van der Waals surface area contributed by atoms with Crippen molar-refractivity contribution in [3.63, 3.8) is 0 Å². The predicted octanol–water partition coefficient (Wildman–Crippen LogP) is 6.64. The van der Waals surface area contributed by atoms with Crippen molar-refractivity contribution in [1.29, 1.82) is 0 Å². The molecule has 0 fully saturated rings. The number of hydrogen-bond donors (Lipinski definition) is 0. The molecule has 7 heteroatoms. The molecule has 0 aliphatic rings. The molecule has 0 spiro atoms. The Balaban J connectivity index is 1.45. The second-order valence-corrected chi connectivity index (χ2v) is 9.40. The summed E-state index contributed by atoms with van der Waals surface area (Å²) in [6.45, 7) is 5.45. The van der Waals surface area contributed by atoms with E-state index in [9.17, 15) is 4.79 Å². The third-order valence-corrected chi connectivity index (χ3v) is 7.04. The molecule has 2 aromatic heterocycles. The SMILES string of the molecule is Cc1ccc(C)c2sc(N(CCCn3ccnc3)C(=O)c3cccc(Oc4ccccc4)c3)nc12. The Kier molecular flexibility index (Phi) is 6.59. The summed E-state index contributed by atoms with van der Waals surface area (Å²) >= 11 is 1.57. The molecule has 0 aliphatic carbocycles. The zero-order valence-corrected chi connectivity index (χ0v) is 20.5. The lowest BCUT2D eigenvalue weighted by atomic mass is 10.1. The number of rotatable bonds is 8. The summed E-state index contributed by atoms with van der Waals surface area (Å²) in [5.41, 5.74) is 3.79. The van der Waals surface area contributed by atoms with Crippen LogP contribution in [0.1, 0.15) is 27.9 Å². The highest BCUT2D eigenvalue weighted by molar-refractivity contribution is 7.22. The molecule has 5 aromatic rings. The summed E-state index contributed by atoms with van der Waals surface area (Å²) < 4.78 is 9.11. The summed E-state index contributed by atoms with van der Waals surface area (Å²) in [6.07, 6.45) is 6.26. The fourth-order valence-electron chi connectivity index (χ4n) is 3.95. The van der Waals surface area contributed by atoms with Gasteiger partial charge in [-0.15, -0.1) is 0 Å². The van der Waals surface area contributed by atoms with Crippen LogP contribution in [-0.4, -0.2) is 27.0 Å². The molecule has 0 N–H and O–H groups in total. The number of fused-ring (bicyclic) bond motifs is 1. The van der Waals surface area contributed by atoms with Crippen LogP contribution in [0.25, 0.3) is 10.2 Å². The van der Waals surface area contributed by atoms with E-state index < -0.39 is 0 Å². The number of imidazole rings is 1. The predicted molar refractivity (Wildman–Crippen MR) is 141 cm³/mol. The number of aromatic nitrogens is 3. The Morgan fingerprint density at radius 3 is 2.57 bits per heavy atom. The van der Waals surface area contributed by atoms with Crippen molar-refractivity contribution >= 4 is 32.6 Å². The van der Waals surface area contributed by atoms with Crippen LogP contribution >= 0.6 is 11.3 Å². The molecule has 0 saturated heterocycles. The van der Waals surface area contributed by atoms with Crippen molar-refractivity contribution in [2.45, 2.75) is 26.8 Å². The van der Waals surface area contributed by atoms with Crippen LogP contribution in [0.2, 0.25) is 0 Å². The second kappa shape index (κ2) is 10.1. The third-order valence-electron chi connectivity index (χ3n) is 5.82. The highest BCUT2D eigenvalue weighted by atomic mass is 32.1. The number of aryl methyl sites for hydroxylation is 3. The average Bonchev–Trinajstić information content (AvgIpc) is 3.56. The van der Waals surface area contributed by atoms with Crippen LogP contribution in [0.5, 0.6) is 11.5 Å². The molecule has 0 aliphatic heterocycles. The number of hydrogen-bond acceptors (Lipinski definition) is 5. The van der Waals surface area contributed by atoms with Gasteiger partial charge in [-0.2, -0.15) is 0 Å². The van der Waals surface area contributed by atoms with E-state index in [4.69, 9.17) is 9.72 Å². The zero-order chi connectivity index (χ0) is 24.2. The van der Waals surface area contributed by atoms with Crippen LogP contribution in [0.15, 0.2) is 85.5 Å². The maximum Gasteiger partial charge on any atom is 0.260 e. The first kappa shape index (κ1) is 22.8. The van der Waals surface area contributed by atoms with E-state index in [0.717, 1.165) is 34.5 Å². The van der Waals surface area contributed by atoms with Crippen LogP contribution < -0.4 is 9.64 Å². The molecular formula is C28H26N4O2S. The fraction of sp³-hybridized carbons (Fsp3) is 0.179. The number of nitrogens with zero attached hydrogens (tertiary/aromatic N) is 4. The van der Waals surface area contributed by atoms with E-state index in [-0.39, 0.29) is 5.91 Å². The van der Waals surface area contributed by atoms with Crippen molar-refractivity contribution in [2.75, 3.05) is 11.4 Å². The van der Waals surface area contributed by atoms with Gasteiger partial charge in [-0.1, -0.05) is 47.7 Å². The van der Waals surface area contributed by atoms with Crippen molar-refractivity contribution in [1.82, 2.24) is 14.5 Å². The topological polar surface area (TPSA) is 60.2 Å². The number of carbonyl (C=O) groups excluding carboxylic acids is 1. The molecule has 35 heavy (non-hydrogen) atoms. The monoisotopic (exact) mass is 482 g/mol. The minimum absolute atomic E-state index is 0.0940. The standard InChI is InChI=1S/C28H26N4O2S/c1-20-12-13-21(2)26-25(20)30-28(35-26)32(16-7-15-31-17-14-29-19-31)27(33)22-8-6-11-24(18-22)34-23-9-4-3-5-10-23/h3-6,8-14,17-19H,7,15-16H2,1-2H3. The first-order valence-electron chi connectivity index (χ1n) is 11.6. The number of ether oxygens (including phenoxy) is 1. The Bertz CT molecular complexity index is 1410. The summed E-state index contributed by atoms with van der Waals surface area (Å²) in [4.78, 5) is 24.6. The van der Waals surface area contributed by atoms with Crippen molar-refractivity contribution in [2.24, 2.45) is 0 Å². The van der Waals surface area contributed by atoms with Gasteiger partial charge in [0.25, 0.3) is 5.91 Å². The summed E-state index contributed by atoms with van der Waals surface area (Å²) in [6, 6.07) is 21.1. The number of para-hydroxylation sites is 1. The van der Waals surface area contributed by atoms with Crippen molar-refractivity contribution < 1.29 is 9.53 Å². The number of thiazole rings is 1. The molecule has 0 radical (unpaired) electrons. The molecule has 0 bridgehead atoms. The molecular weight excluding hydrogens is 456 g/mol. The Morgan fingerprint density at radius 1 is 1.00 bits per heavy atom. The van der Waals surface area contributed by atoms with Crippen LogP contribution in [0.3, 0.4) is 0 Å². The second-order valence-electron chi connectivity index (χ2n) is 8.43. The third kappa shape index (κ3) is 5.10. The van der Waals surface area contributed by atoms with Gasteiger partial charge in [0, 0.05) is 31.0 Å². The van der Waals surface area contributed by atoms with Crippen molar-refractivity contribution in [3.8, 4) is 11.5 Å². The van der Waals surface area contributed by atoms with E-state index >= 15 is 0 Å². The van der Waals surface area contributed by atoms with E-state index in [0.29, 0.717) is 23.0 Å². The van der Waals surface area contributed by atoms with Gasteiger partial charge in [-0.05, 0) is 61.7 Å². The molecule has 5 rings (SSSR count). The minimum Gasteiger partial charge on any atom is -0.457 e. The molecule has 0 unspecified atom stereocenters. The minimum atomic E-state index is -0.0940. The highest BCUT2D eigenvalue weighted by Crippen LogP contribution is 2.34. The summed E-state index contributed by atoms with van der Waals surface area (Å²) in [7, 11) is 0. The molecule has 6 nitrogen and oxygen atoms in total. The first-order chi connectivity index (χ1) is 17.1. The largest absolute Gasteiger partial charge is 0.457 e. The van der Waals surface area contributed by atoms with Crippen LogP contribution in [0.4, 0.5) is 5.13 Å². The number of benzene rings is 3. The molecule has 176 valence electrons. The normalized spacial score (nSPS) is 11.0. The Morgan fingerprint density at radius 2 is 1.80 bits per heavy atom. The maximum atomic E-state index is 13.8. The summed E-state index contributed by atoms with van der Waals surface area (Å²) in [5.74, 6) is 1.26. The number of carbonyl (C=O) groups is 1. The fourth-order valence-corrected chi connectivity index (χ4v) is 5.09. The number of amides is 1. The molecule has 0 saturated carbocycles. The van der Waals surface area contributed by atoms with Gasteiger partial charge in [0.2, 0.25) is 0 Å². The van der Waals surface area contributed by atoms with Crippen LogP contribution in [0, 0.1) is 13.8 Å². The molecule has 3 aromatic carbocycles.